The number of rotatable bonds is 6. The fraction of sp³-hybridized carbons (Fsp3) is 0.474. The van der Waals surface area contributed by atoms with Gasteiger partial charge >= 0.3 is 0 Å². The van der Waals surface area contributed by atoms with E-state index in [2.05, 4.69) is 20.6 Å². The van der Waals surface area contributed by atoms with Crippen molar-refractivity contribution in [2.24, 2.45) is 4.99 Å². The quantitative estimate of drug-likeness (QED) is 0.608. The number of nitrogens with one attached hydrogen (secondary N) is 2. The van der Waals surface area contributed by atoms with E-state index in [-0.39, 0.29) is 23.9 Å². The van der Waals surface area contributed by atoms with Crippen LogP contribution in [-0.4, -0.2) is 24.0 Å². The van der Waals surface area contributed by atoms with Crippen LogP contribution in [0.5, 0.6) is 0 Å². The Morgan fingerprint density at radius 1 is 1.19 bits per heavy atom. The average Bonchev–Trinajstić information content (AvgIpc) is 3.04. The van der Waals surface area contributed by atoms with Crippen molar-refractivity contribution in [1.82, 2.24) is 15.6 Å². The third kappa shape index (κ3) is 5.54. The van der Waals surface area contributed by atoms with Crippen molar-refractivity contribution in [1.29, 1.82) is 0 Å². The molecule has 0 fully saturated rings. The molecule has 0 amide bonds. The Morgan fingerprint density at radius 2 is 1.88 bits per heavy atom. The third-order valence-electron chi connectivity index (χ3n) is 3.74. The highest BCUT2D eigenvalue weighted by molar-refractivity contribution is 5.79. The van der Waals surface area contributed by atoms with Crippen LogP contribution in [0.25, 0.3) is 0 Å². The molecule has 0 aliphatic carbocycles. The van der Waals surface area contributed by atoms with Gasteiger partial charge in [-0.25, -0.2) is 18.8 Å². The normalized spacial score (nSPS) is 12.3. The standard InChI is InChI=1S/C19H26F2N4O/c1-5-22-18(23-10-9-13-14(20)7-6-8-15(13)21)25-12-17-24-11-16(26-17)19(2,3)4/h6-8,11H,5,9-10,12H2,1-4H3,(H2,22,23,25). The largest absolute Gasteiger partial charge is 0.443 e. The van der Waals surface area contributed by atoms with Crippen LogP contribution in [0.4, 0.5) is 8.78 Å². The molecule has 2 aromatic rings. The Labute approximate surface area is 152 Å². The second kappa shape index (κ2) is 8.78. The van der Waals surface area contributed by atoms with E-state index in [9.17, 15) is 8.78 Å². The van der Waals surface area contributed by atoms with E-state index in [1.807, 2.05) is 27.7 Å². The molecule has 7 heteroatoms. The average molecular weight is 364 g/mol. The summed E-state index contributed by atoms with van der Waals surface area (Å²) in [6.45, 7) is 9.38. The second-order valence-electron chi connectivity index (χ2n) is 6.94. The molecule has 0 radical (unpaired) electrons. The number of hydrogen-bond acceptors (Lipinski definition) is 3. The van der Waals surface area contributed by atoms with Gasteiger partial charge in [-0.05, 0) is 25.5 Å². The van der Waals surface area contributed by atoms with E-state index in [0.717, 1.165) is 5.76 Å². The van der Waals surface area contributed by atoms with E-state index < -0.39 is 11.6 Å². The number of halogens is 2. The van der Waals surface area contributed by atoms with E-state index in [4.69, 9.17) is 4.42 Å². The van der Waals surface area contributed by atoms with Crippen LogP contribution < -0.4 is 10.6 Å². The summed E-state index contributed by atoms with van der Waals surface area (Å²) >= 11 is 0. The molecule has 0 spiro atoms. The van der Waals surface area contributed by atoms with Crippen molar-refractivity contribution in [3.63, 3.8) is 0 Å². The van der Waals surface area contributed by atoms with Gasteiger partial charge in [0.05, 0.1) is 6.20 Å². The Hall–Kier alpha value is -2.44. The number of nitrogens with zero attached hydrogens (tertiary/aromatic N) is 2. The van der Waals surface area contributed by atoms with Crippen molar-refractivity contribution in [3.05, 3.63) is 53.2 Å². The van der Waals surface area contributed by atoms with Gasteiger partial charge in [-0.15, -0.1) is 0 Å². The van der Waals surface area contributed by atoms with Crippen LogP contribution in [0, 0.1) is 11.6 Å². The Morgan fingerprint density at radius 3 is 2.46 bits per heavy atom. The minimum Gasteiger partial charge on any atom is -0.443 e. The minimum absolute atomic E-state index is 0.0679. The molecule has 1 heterocycles. The topological polar surface area (TPSA) is 62.5 Å². The van der Waals surface area contributed by atoms with Gasteiger partial charge in [0.2, 0.25) is 5.89 Å². The van der Waals surface area contributed by atoms with E-state index >= 15 is 0 Å². The number of benzene rings is 1. The summed E-state index contributed by atoms with van der Waals surface area (Å²) in [6, 6.07) is 3.87. The summed E-state index contributed by atoms with van der Waals surface area (Å²) < 4.78 is 33.0. The number of aromatic nitrogens is 1. The van der Waals surface area contributed by atoms with Crippen LogP contribution in [-0.2, 0) is 18.4 Å². The van der Waals surface area contributed by atoms with Gasteiger partial charge in [0.25, 0.3) is 0 Å². The first kappa shape index (κ1) is 19.9. The summed E-state index contributed by atoms with van der Waals surface area (Å²) in [5, 5.41) is 6.15. The molecule has 142 valence electrons. The lowest BCUT2D eigenvalue weighted by Gasteiger charge is -2.13. The lowest BCUT2D eigenvalue weighted by atomic mass is 9.94. The first-order valence-electron chi connectivity index (χ1n) is 8.71. The summed E-state index contributed by atoms with van der Waals surface area (Å²) in [5.74, 6) is 0.786. The van der Waals surface area contributed by atoms with Gasteiger partial charge in [-0.3, -0.25) is 0 Å². The Balaban J connectivity index is 1.95. The maximum absolute atomic E-state index is 13.7. The molecule has 5 nitrogen and oxygen atoms in total. The number of guanidine groups is 1. The van der Waals surface area contributed by atoms with Crippen molar-refractivity contribution < 1.29 is 13.2 Å². The zero-order valence-electron chi connectivity index (χ0n) is 15.7. The highest BCUT2D eigenvalue weighted by Gasteiger charge is 2.19. The number of oxazole rings is 1. The molecule has 26 heavy (non-hydrogen) atoms. The molecule has 0 bridgehead atoms. The molecule has 0 atom stereocenters. The van der Waals surface area contributed by atoms with Gasteiger partial charge < -0.3 is 15.1 Å². The van der Waals surface area contributed by atoms with Crippen molar-refractivity contribution in [2.75, 3.05) is 13.1 Å². The van der Waals surface area contributed by atoms with Crippen molar-refractivity contribution in [3.8, 4) is 0 Å². The monoisotopic (exact) mass is 364 g/mol. The predicted octanol–water partition coefficient (Wildman–Crippen LogP) is 3.55. The first-order chi connectivity index (χ1) is 12.3. The van der Waals surface area contributed by atoms with Crippen molar-refractivity contribution >= 4 is 5.96 Å². The lowest BCUT2D eigenvalue weighted by molar-refractivity contribution is 0.383. The van der Waals surface area contributed by atoms with Gasteiger partial charge in [0, 0.05) is 24.1 Å². The minimum atomic E-state index is -0.539. The van der Waals surface area contributed by atoms with E-state index in [1.54, 1.807) is 6.20 Å². The molecule has 1 aromatic carbocycles. The highest BCUT2D eigenvalue weighted by atomic mass is 19.1. The van der Waals surface area contributed by atoms with Gasteiger partial charge in [-0.2, -0.15) is 0 Å². The summed E-state index contributed by atoms with van der Waals surface area (Å²) in [5.41, 5.74) is -0.0416. The SMILES string of the molecule is CCNC(=NCc1ncc(C(C)(C)C)o1)NCCc1c(F)cccc1F. The highest BCUT2D eigenvalue weighted by Crippen LogP contribution is 2.22. The van der Waals surface area contributed by atoms with Gasteiger partial charge in [0.1, 0.15) is 23.9 Å². The maximum atomic E-state index is 13.7. The lowest BCUT2D eigenvalue weighted by Crippen LogP contribution is -2.38. The fourth-order valence-electron chi connectivity index (χ4n) is 2.30. The molecule has 0 aliphatic rings. The molecule has 0 saturated heterocycles. The van der Waals surface area contributed by atoms with Gasteiger partial charge in [0.15, 0.2) is 5.96 Å². The zero-order valence-corrected chi connectivity index (χ0v) is 15.7. The third-order valence-corrected chi connectivity index (χ3v) is 3.74. The Bertz CT molecular complexity index is 730. The van der Waals surface area contributed by atoms with Crippen LogP contribution >= 0.6 is 0 Å². The molecule has 0 unspecified atom stereocenters. The van der Waals surface area contributed by atoms with E-state index in [1.165, 1.54) is 18.2 Å². The molecule has 2 rings (SSSR count). The molecule has 2 N–H and O–H groups in total. The Kier molecular flexibility index (Phi) is 6.71. The molecular formula is C19H26F2N4O. The number of aliphatic imine (C=N–C) groups is 1. The molecule has 0 saturated carbocycles. The maximum Gasteiger partial charge on any atom is 0.216 e. The second-order valence-corrected chi connectivity index (χ2v) is 6.94. The molecule has 0 aliphatic heterocycles. The molecular weight excluding hydrogens is 338 g/mol. The van der Waals surface area contributed by atoms with Crippen LogP contribution in [0.3, 0.4) is 0 Å². The van der Waals surface area contributed by atoms with Gasteiger partial charge in [-0.1, -0.05) is 26.8 Å². The zero-order chi connectivity index (χ0) is 19.2. The van der Waals surface area contributed by atoms with Crippen LogP contribution in [0.15, 0.2) is 33.8 Å². The number of hydrogen-bond donors (Lipinski definition) is 2. The summed E-state index contributed by atoms with van der Waals surface area (Å²) in [4.78, 5) is 8.64. The summed E-state index contributed by atoms with van der Waals surface area (Å²) in [7, 11) is 0. The molecule has 1 aromatic heterocycles. The van der Waals surface area contributed by atoms with E-state index in [0.29, 0.717) is 24.9 Å². The first-order valence-corrected chi connectivity index (χ1v) is 8.71. The smallest absolute Gasteiger partial charge is 0.216 e. The van der Waals surface area contributed by atoms with Crippen molar-refractivity contribution in [2.45, 2.75) is 46.1 Å². The van der Waals surface area contributed by atoms with Crippen LogP contribution in [0.2, 0.25) is 0 Å². The fourth-order valence-corrected chi connectivity index (χ4v) is 2.30. The van der Waals surface area contributed by atoms with Crippen LogP contribution in [0.1, 0.15) is 44.9 Å². The predicted molar refractivity (Wildman–Crippen MR) is 98.1 cm³/mol. The summed E-state index contributed by atoms with van der Waals surface area (Å²) in [6.07, 6.45) is 1.93.